The summed E-state index contributed by atoms with van der Waals surface area (Å²) in [5.74, 6) is -2.31. The van der Waals surface area contributed by atoms with Crippen molar-refractivity contribution < 1.29 is 32.1 Å². The Morgan fingerprint density at radius 1 is 0.822 bits per heavy atom. The third-order valence-corrected chi connectivity index (χ3v) is 10.0. The quantitative estimate of drug-likeness (QED) is 0.305. The maximum absolute atomic E-state index is 13.7. The summed E-state index contributed by atoms with van der Waals surface area (Å²) < 4.78 is 32.9. The van der Waals surface area contributed by atoms with Gasteiger partial charge in [0.1, 0.15) is 18.1 Å². The van der Waals surface area contributed by atoms with Gasteiger partial charge in [-0.05, 0) is 30.9 Å². The molecule has 4 amide bonds. The van der Waals surface area contributed by atoms with Crippen molar-refractivity contribution in [3.05, 3.63) is 89.3 Å². The third kappa shape index (κ3) is 8.34. The van der Waals surface area contributed by atoms with Gasteiger partial charge in [-0.15, -0.1) is 0 Å². The van der Waals surface area contributed by atoms with Crippen LogP contribution in [0.5, 0.6) is 0 Å². The normalized spacial score (nSPS) is 22.7. The number of rotatable bonds is 6. The van der Waals surface area contributed by atoms with Crippen molar-refractivity contribution in [2.75, 3.05) is 13.1 Å². The van der Waals surface area contributed by atoms with Crippen LogP contribution < -0.4 is 21.3 Å². The van der Waals surface area contributed by atoms with Crippen molar-refractivity contribution in [1.82, 2.24) is 30.7 Å². The largest absolute Gasteiger partial charge is 0.359 e. The van der Waals surface area contributed by atoms with Crippen LogP contribution in [-0.4, -0.2) is 78.0 Å². The van der Waals surface area contributed by atoms with E-state index in [9.17, 15) is 27.6 Å². The van der Waals surface area contributed by atoms with Crippen LogP contribution in [0.2, 0.25) is 0 Å². The number of aromatic nitrogens is 1. The van der Waals surface area contributed by atoms with E-state index in [0.717, 1.165) is 11.1 Å². The van der Waals surface area contributed by atoms with Gasteiger partial charge >= 0.3 is 0 Å². The Balaban J connectivity index is 1.45. The Morgan fingerprint density at radius 2 is 1.40 bits per heavy atom. The first kappa shape index (κ1) is 31.9. The second-order valence-electron chi connectivity index (χ2n) is 11.2. The minimum atomic E-state index is -3.71. The first-order valence-corrected chi connectivity index (χ1v) is 16.3. The van der Waals surface area contributed by atoms with Gasteiger partial charge in [-0.1, -0.05) is 65.8 Å². The molecule has 13 nitrogen and oxygen atoms in total. The number of fused-ring (bicyclic) bond motifs is 2. The standard InChI is InChI=1S/C31H36N6O7S/c1-20-28(38)34-26(17-22-10-6-3-7-11-22)30(40)35-25(16-21-8-4-2-5-9-21)29(39)32-14-15-37(45(42,43)24-12-13-24)19-23-18-27(36-44-23)31(41)33-20/h2-11,18,20,24-26H,12-17,19H2,1H3,(H,32,39)(H,33,41)(H,34,38)(H,35,40)/t20-,25+,26-/m0/s1. The molecular formula is C31H36N6O7S. The van der Waals surface area contributed by atoms with Gasteiger partial charge in [-0.3, -0.25) is 19.2 Å². The molecule has 14 heteroatoms. The number of nitrogens with zero attached hydrogens (tertiary/aromatic N) is 2. The highest BCUT2D eigenvalue weighted by Gasteiger charge is 2.40. The SMILES string of the molecule is C[C@@H]1NC(=O)c2cc(on2)CN(S(=O)(=O)C2CC2)CCNC(=O)[C@@H](Cc2ccccc2)NC(=O)[C@H](Cc2ccccc2)NC1=O. The molecule has 3 atom stereocenters. The first-order valence-electron chi connectivity index (χ1n) is 14.8. The lowest BCUT2D eigenvalue weighted by atomic mass is 10.0. The van der Waals surface area contributed by atoms with Crippen LogP contribution in [-0.2, 0) is 43.8 Å². The van der Waals surface area contributed by atoms with Gasteiger partial charge in [0.25, 0.3) is 5.91 Å². The summed E-state index contributed by atoms with van der Waals surface area (Å²) in [6, 6.07) is 16.3. The second kappa shape index (κ2) is 14.0. The van der Waals surface area contributed by atoms with E-state index >= 15 is 0 Å². The topological polar surface area (TPSA) is 180 Å². The van der Waals surface area contributed by atoms with Crippen LogP contribution >= 0.6 is 0 Å². The van der Waals surface area contributed by atoms with Crippen molar-refractivity contribution in [3.8, 4) is 0 Å². The molecule has 0 saturated heterocycles. The lowest BCUT2D eigenvalue weighted by Crippen LogP contribution is -2.57. The number of amides is 4. The van der Waals surface area contributed by atoms with E-state index in [-0.39, 0.29) is 43.9 Å². The summed E-state index contributed by atoms with van der Waals surface area (Å²) in [5.41, 5.74) is 1.43. The molecule has 0 spiro atoms. The molecule has 1 saturated carbocycles. The monoisotopic (exact) mass is 636 g/mol. The molecule has 2 aliphatic rings. The van der Waals surface area contributed by atoms with E-state index in [1.165, 1.54) is 17.3 Å². The molecular weight excluding hydrogens is 600 g/mol. The van der Waals surface area contributed by atoms with Gasteiger partial charge in [-0.2, -0.15) is 4.31 Å². The molecule has 5 rings (SSSR count). The average molecular weight is 637 g/mol. The number of hydrogen-bond donors (Lipinski definition) is 4. The van der Waals surface area contributed by atoms with Crippen molar-refractivity contribution >= 4 is 33.7 Å². The summed E-state index contributed by atoms with van der Waals surface area (Å²) in [7, 11) is -3.71. The molecule has 2 heterocycles. The lowest BCUT2D eigenvalue weighted by molar-refractivity contribution is -0.132. The van der Waals surface area contributed by atoms with Gasteiger partial charge in [-0.25, -0.2) is 8.42 Å². The number of carbonyl (C=O) groups excluding carboxylic acids is 4. The van der Waals surface area contributed by atoms with Crippen molar-refractivity contribution in [2.45, 2.75) is 62.5 Å². The predicted octanol–water partition coefficient (Wildman–Crippen LogP) is 0.672. The van der Waals surface area contributed by atoms with E-state index < -0.39 is 57.0 Å². The minimum Gasteiger partial charge on any atom is -0.359 e. The summed E-state index contributed by atoms with van der Waals surface area (Å²) in [4.78, 5) is 53.4. The van der Waals surface area contributed by atoms with Crippen molar-refractivity contribution in [3.63, 3.8) is 0 Å². The van der Waals surface area contributed by atoms with Crippen LogP contribution in [0.1, 0.15) is 47.1 Å². The molecule has 2 bridgehead atoms. The number of hydrogen-bond acceptors (Lipinski definition) is 8. The van der Waals surface area contributed by atoms with Gasteiger partial charge in [0.2, 0.25) is 27.7 Å². The fourth-order valence-electron chi connectivity index (χ4n) is 4.99. The second-order valence-corrected chi connectivity index (χ2v) is 13.5. The summed E-state index contributed by atoms with van der Waals surface area (Å²) >= 11 is 0. The number of benzene rings is 2. The maximum atomic E-state index is 13.7. The predicted molar refractivity (Wildman–Crippen MR) is 163 cm³/mol. The molecule has 1 aliphatic heterocycles. The molecule has 45 heavy (non-hydrogen) atoms. The molecule has 238 valence electrons. The zero-order valence-corrected chi connectivity index (χ0v) is 25.6. The summed E-state index contributed by atoms with van der Waals surface area (Å²) in [6.45, 7) is 1.15. The number of nitrogens with one attached hydrogen (secondary N) is 4. The highest BCUT2D eigenvalue weighted by Crippen LogP contribution is 2.31. The highest BCUT2D eigenvalue weighted by molar-refractivity contribution is 7.90. The lowest BCUT2D eigenvalue weighted by Gasteiger charge is -2.25. The van der Waals surface area contributed by atoms with E-state index in [1.807, 2.05) is 60.7 Å². The van der Waals surface area contributed by atoms with Crippen LogP contribution in [0.25, 0.3) is 0 Å². The van der Waals surface area contributed by atoms with E-state index in [1.54, 1.807) is 0 Å². The molecule has 1 aromatic heterocycles. The van der Waals surface area contributed by atoms with Crippen LogP contribution in [0.15, 0.2) is 71.3 Å². The third-order valence-electron chi connectivity index (χ3n) is 7.66. The van der Waals surface area contributed by atoms with Gasteiger partial charge in [0.05, 0.1) is 11.8 Å². The summed E-state index contributed by atoms with van der Waals surface area (Å²) in [5, 5.41) is 14.1. The smallest absolute Gasteiger partial charge is 0.274 e. The number of carbonyl (C=O) groups is 4. The van der Waals surface area contributed by atoms with Crippen molar-refractivity contribution in [1.29, 1.82) is 0 Å². The van der Waals surface area contributed by atoms with Gasteiger partial charge in [0, 0.05) is 32.0 Å². The van der Waals surface area contributed by atoms with Crippen LogP contribution in [0.4, 0.5) is 0 Å². The molecule has 4 N–H and O–H groups in total. The van der Waals surface area contributed by atoms with Crippen molar-refractivity contribution in [2.24, 2.45) is 0 Å². The van der Waals surface area contributed by atoms with Gasteiger partial charge in [0.15, 0.2) is 11.5 Å². The molecule has 2 aromatic carbocycles. The average Bonchev–Trinajstić information content (AvgIpc) is 3.79. The molecule has 1 fully saturated rings. The Labute approximate surface area is 261 Å². The fraction of sp³-hybridized carbons (Fsp3) is 0.387. The zero-order chi connectivity index (χ0) is 32.0. The van der Waals surface area contributed by atoms with Crippen LogP contribution in [0, 0.1) is 0 Å². The Bertz CT molecular complexity index is 1630. The maximum Gasteiger partial charge on any atom is 0.274 e. The highest BCUT2D eigenvalue weighted by atomic mass is 32.2. The molecule has 0 radical (unpaired) electrons. The van der Waals surface area contributed by atoms with Crippen LogP contribution in [0.3, 0.4) is 0 Å². The van der Waals surface area contributed by atoms with E-state index in [4.69, 9.17) is 4.52 Å². The van der Waals surface area contributed by atoms with Gasteiger partial charge < -0.3 is 25.8 Å². The Kier molecular flexibility index (Phi) is 9.93. The summed E-state index contributed by atoms with van der Waals surface area (Å²) in [6.07, 6.45) is 1.34. The van der Waals surface area contributed by atoms with E-state index in [2.05, 4.69) is 26.4 Å². The minimum absolute atomic E-state index is 0.0465. The molecule has 0 unspecified atom stereocenters. The molecule has 3 aromatic rings. The Morgan fingerprint density at radius 3 is 2.00 bits per heavy atom. The zero-order valence-electron chi connectivity index (χ0n) is 24.8. The van der Waals surface area contributed by atoms with E-state index in [0.29, 0.717) is 12.8 Å². The molecule has 1 aliphatic carbocycles. The Hall–Kier alpha value is -4.56. The number of sulfonamides is 1. The fourth-order valence-corrected chi connectivity index (χ4v) is 6.80. The first-order chi connectivity index (χ1) is 21.6.